The zero-order valence-electron chi connectivity index (χ0n) is 12.0. The van der Waals surface area contributed by atoms with Gasteiger partial charge in [0.25, 0.3) is 0 Å². The minimum absolute atomic E-state index is 0.688. The normalized spacial score (nSPS) is 27.0. The van der Waals surface area contributed by atoms with Crippen LogP contribution in [0.15, 0.2) is 0 Å². The third-order valence-corrected chi connectivity index (χ3v) is 4.33. The molecule has 0 aromatic rings. The van der Waals surface area contributed by atoms with Crippen LogP contribution in [-0.2, 0) is 4.74 Å². The Balaban J connectivity index is 2.34. The van der Waals surface area contributed by atoms with Crippen LogP contribution in [-0.4, -0.2) is 26.3 Å². The van der Waals surface area contributed by atoms with Crippen LogP contribution in [0.5, 0.6) is 0 Å². The Morgan fingerprint density at radius 1 is 1.18 bits per heavy atom. The summed E-state index contributed by atoms with van der Waals surface area (Å²) in [6.07, 6.45) is 9.51. The molecular formula is C15H31NO. The van der Waals surface area contributed by atoms with Crippen molar-refractivity contribution < 1.29 is 4.74 Å². The fraction of sp³-hybridized carbons (Fsp3) is 1.00. The lowest BCUT2D eigenvalue weighted by molar-refractivity contribution is 0.150. The molecule has 1 saturated carbocycles. The highest BCUT2D eigenvalue weighted by atomic mass is 16.5. The van der Waals surface area contributed by atoms with Crippen molar-refractivity contribution in [1.82, 2.24) is 5.32 Å². The lowest BCUT2D eigenvalue weighted by Crippen LogP contribution is -2.39. The molecule has 1 aliphatic carbocycles. The Morgan fingerprint density at radius 2 is 1.88 bits per heavy atom. The van der Waals surface area contributed by atoms with Crippen molar-refractivity contribution in [3.05, 3.63) is 0 Å². The van der Waals surface area contributed by atoms with Crippen molar-refractivity contribution in [1.29, 1.82) is 0 Å². The SMILES string of the molecule is CCCNC(CCOC)C1CCC(CC)CC1. The fourth-order valence-electron chi connectivity index (χ4n) is 3.08. The molecule has 17 heavy (non-hydrogen) atoms. The standard InChI is InChI=1S/C15H31NO/c1-4-11-16-15(10-12-17-3)14-8-6-13(5-2)7-9-14/h13-16H,4-12H2,1-3H3. The smallest absolute Gasteiger partial charge is 0.0477 e. The van der Waals surface area contributed by atoms with E-state index in [4.69, 9.17) is 4.74 Å². The van der Waals surface area contributed by atoms with E-state index in [9.17, 15) is 0 Å². The van der Waals surface area contributed by atoms with Gasteiger partial charge in [-0.25, -0.2) is 0 Å². The highest BCUT2D eigenvalue weighted by Crippen LogP contribution is 2.33. The summed E-state index contributed by atoms with van der Waals surface area (Å²) in [4.78, 5) is 0. The van der Waals surface area contributed by atoms with Crippen molar-refractivity contribution in [2.45, 2.75) is 64.8 Å². The maximum atomic E-state index is 5.25. The monoisotopic (exact) mass is 241 g/mol. The van der Waals surface area contributed by atoms with Gasteiger partial charge in [-0.3, -0.25) is 0 Å². The van der Waals surface area contributed by atoms with E-state index in [-0.39, 0.29) is 0 Å². The highest BCUT2D eigenvalue weighted by Gasteiger charge is 2.26. The highest BCUT2D eigenvalue weighted by molar-refractivity contribution is 4.81. The Labute approximate surface area is 108 Å². The molecule has 1 N–H and O–H groups in total. The summed E-state index contributed by atoms with van der Waals surface area (Å²) in [5.74, 6) is 1.89. The van der Waals surface area contributed by atoms with Gasteiger partial charge >= 0.3 is 0 Å². The number of ether oxygens (including phenoxy) is 1. The van der Waals surface area contributed by atoms with E-state index in [1.54, 1.807) is 0 Å². The molecule has 0 bridgehead atoms. The molecule has 0 aromatic carbocycles. The second-order valence-electron chi connectivity index (χ2n) is 5.53. The molecule has 0 aromatic heterocycles. The predicted molar refractivity (Wildman–Crippen MR) is 74.3 cm³/mol. The Morgan fingerprint density at radius 3 is 2.41 bits per heavy atom. The van der Waals surface area contributed by atoms with Crippen molar-refractivity contribution in [3.63, 3.8) is 0 Å². The van der Waals surface area contributed by atoms with Gasteiger partial charge in [-0.1, -0.05) is 33.1 Å². The molecule has 0 radical (unpaired) electrons. The maximum absolute atomic E-state index is 5.25. The number of hydrogen-bond acceptors (Lipinski definition) is 2. The molecule has 0 aliphatic heterocycles. The summed E-state index contributed by atoms with van der Waals surface area (Å²) in [6, 6.07) is 0.688. The molecule has 1 unspecified atom stereocenters. The Bertz CT molecular complexity index is 168. The zero-order chi connectivity index (χ0) is 12.5. The van der Waals surface area contributed by atoms with Crippen LogP contribution in [0, 0.1) is 11.8 Å². The van der Waals surface area contributed by atoms with E-state index in [0.717, 1.165) is 25.0 Å². The molecule has 0 heterocycles. The predicted octanol–water partition coefficient (Wildman–Crippen LogP) is 3.61. The van der Waals surface area contributed by atoms with Crippen molar-refractivity contribution in [2.75, 3.05) is 20.3 Å². The first-order valence-electron chi connectivity index (χ1n) is 7.54. The second-order valence-corrected chi connectivity index (χ2v) is 5.53. The van der Waals surface area contributed by atoms with E-state index in [1.165, 1.54) is 44.9 Å². The lowest BCUT2D eigenvalue weighted by Gasteiger charge is -2.34. The molecule has 1 rings (SSSR count). The van der Waals surface area contributed by atoms with Gasteiger partial charge in [-0.2, -0.15) is 0 Å². The lowest BCUT2D eigenvalue weighted by atomic mass is 9.77. The van der Waals surface area contributed by atoms with Gasteiger partial charge in [0.05, 0.1) is 0 Å². The van der Waals surface area contributed by atoms with Gasteiger partial charge in [0.15, 0.2) is 0 Å². The van der Waals surface area contributed by atoms with Gasteiger partial charge < -0.3 is 10.1 Å². The van der Waals surface area contributed by atoms with E-state index in [2.05, 4.69) is 19.2 Å². The van der Waals surface area contributed by atoms with Crippen LogP contribution in [0.4, 0.5) is 0 Å². The Kier molecular flexibility index (Phi) is 7.87. The minimum Gasteiger partial charge on any atom is -0.385 e. The van der Waals surface area contributed by atoms with E-state index in [0.29, 0.717) is 6.04 Å². The summed E-state index contributed by atoms with van der Waals surface area (Å²) in [7, 11) is 1.81. The number of rotatable bonds is 8. The molecule has 2 nitrogen and oxygen atoms in total. The first-order chi connectivity index (χ1) is 8.31. The van der Waals surface area contributed by atoms with Crippen LogP contribution in [0.2, 0.25) is 0 Å². The molecule has 1 atom stereocenters. The van der Waals surface area contributed by atoms with Crippen LogP contribution >= 0.6 is 0 Å². The third-order valence-electron chi connectivity index (χ3n) is 4.33. The second kappa shape index (κ2) is 8.93. The number of methoxy groups -OCH3 is 1. The summed E-state index contributed by atoms with van der Waals surface area (Å²) in [5, 5.41) is 3.73. The molecule has 0 spiro atoms. The zero-order valence-corrected chi connectivity index (χ0v) is 12.0. The average molecular weight is 241 g/mol. The van der Waals surface area contributed by atoms with Gasteiger partial charge in [0.1, 0.15) is 0 Å². The van der Waals surface area contributed by atoms with Gasteiger partial charge in [-0.05, 0) is 44.1 Å². The van der Waals surface area contributed by atoms with Crippen LogP contribution in [0.25, 0.3) is 0 Å². The van der Waals surface area contributed by atoms with Crippen LogP contribution in [0.1, 0.15) is 58.8 Å². The van der Waals surface area contributed by atoms with Crippen molar-refractivity contribution in [2.24, 2.45) is 11.8 Å². The molecule has 102 valence electrons. The van der Waals surface area contributed by atoms with E-state index in [1.807, 2.05) is 7.11 Å². The fourth-order valence-corrected chi connectivity index (χ4v) is 3.08. The first kappa shape index (κ1) is 15.0. The van der Waals surface area contributed by atoms with Gasteiger partial charge in [-0.15, -0.1) is 0 Å². The topological polar surface area (TPSA) is 21.3 Å². The third kappa shape index (κ3) is 5.39. The van der Waals surface area contributed by atoms with Crippen molar-refractivity contribution >= 4 is 0 Å². The van der Waals surface area contributed by atoms with Crippen LogP contribution < -0.4 is 5.32 Å². The maximum Gasteiger partial charge on any atom is 0.0477 e. The summed E-state index contributed by atoms with van der Waals surface area (Å²) in [5.41, 5.74) is 0. The first-order valence-corrected chi connectivity index (χ1v) is 7.54. The molecular weight excluding hydrogens is 210 g/mol. The Hall–Kier alpha value is -0.0800. The molecule has 0 saturated heterocycles. The van der Waals surface area contributed by atoms with Crippen LogP contribution in [0.3, 0.4) is 0 Å². The summed E-state index contributed by atoms with van der Waals surface area (Å²) < 4.78 is 5.25. The molecule has 2 heteroatoms. The average Bonchev–Trinajstić information content (AvgIpc) is 2.39. The largest absolute Gasteiger partial charge is 0.385 e. The number of nitrogens with one attached hydrogen (secondary N) is 1. The summed E-state index contributed by atoms with van der Waals surface area (Å²) in [6.45, 7) is 6.63. The summed E-state index contributed by atoms with van der Waals surface area (Å²) >= 11 is 0. The quantitative estimate of drug-likeness (QED) is 0.701. The van der Waals surface area contributed by atoms with Gasteiger partial charge in [0.2, 0.25) is 0 Å². The van der Waals surface area contributed by atoms with E-state index < -0.39 is 0 Å². The number of hydrogen-bond donors (Lipinski definition) is 1. The van der Waals surface area contributed by atoms with Crippen molar-refractivity contribution in [3.8, 4) is 0 Å². The molecule has 1 fully saturated rings. The minimum atomic E-state index is 0.688. The molecule has 1 aliphatic rings. The van der Waals surface area contributed by atoms with E-state index >= 15 is 0 Å². The molecule has 0 amide bonds. The van der Waals surface area contributed by atoms with Gasteiger partial charge in [0, 0.05) is 19.8 Å².